The standard InChI is InChI=1S/C18H35N5O2/c1-4-19-17(20-13-15-7-6-10-22(3)14-15)21-16-8-11-23(12-9-16)18(24)25-5-2/h15-16H,4-14H2,1-3H3,(H2,19,20,21). The van der Waals surface area contributed by atoms with Crippen molar-refractivity contribution in [3.8, 4) is 0 Å². The minimum atomic E-state index is -0.192. The highest BCUT2D eigenvalue weighted by Gasteiger charge is 2.24. The maximum atomic E-state index is 11.8. The van der Waals surface area contributed by atoms with E-state index in [9.17, 15) is 4.79 Å². The normalized spacial score (nSPS) is 23.4. The van der Waals surface area contributed by atoms with Crippen LogP contribution in [-0.4, -0.2) is 80.8 Å². The van der Waals surface area contributed by atoms with Gasteiger partial charge in [0.25, 0.3) is 0 Å². The SMILES string of the molecule is CCNC(=NCC1CCCN(C)C1)NC1CCN(C(=O)OCC)CC1. The Morgan fingerprint density at radius 1 is 1.20 bits per heavy atom. The van der Waals surface area contributed by atoms with Crippen LogP contribution in [0.1, 0.15) is 39.5 Å². The van der Waals surface area contributed by atoms with Crippen molar-refractivity contribution < 1.29 is 9.53 Å². The van der Waals surface area contributed by atoms with Crippen molar-refractivity contribution in [2.24, 2.45) is 10.9 Å². The van der Waals surface area contributed by atoms with Crippen LogP contribution in [0.4, 0.5) is 4.79 Å². The van der Waals surface area contributed by atoms with Crippen molar-refractivity contribution in [1.29, 1.82) is 0 Å². The van der Waals surface area contributed by atoms with E-state index in [2.05, 4.69) is 29.5 Å². The van der Waals surface area contributed by atoms with Gasteiger partial charge in [0.1, 0.15) is 0 Å². The molecule has 2 heterocycles. The van der Waals surface area contributed by atoms with Gasteiger partial charge in [0.15, 0.2) is 5.96 Å². The van der Waals surface area contributed by atoms with Gasteiger partial charge in [0, 0.05) is 38.8 Å². The molecule has 1 amide bonds. The molecule has 7 heteroatoms. The van der Waals surface area contributed by atoms with Crippen molar-refractivity contribution in [2.45, 2.75) is 45.6 Å². The average molecular weight is 354 g/mol. The zero-order valence-corrected chi connectivity index (χ0v) is 16.1. The first-order valence-electron chi connectivity index (χ1n) is 9.77. The Bertz CT molecular complexity index is 435. The fourth-order valence-electron chi connectivity index (χ4n) is 3.58. The van der Waals surface area contributed by atoms with Gasteiger partial charge in [-0.05, 0) is 59.0 Å². The summed E-state index contributed by atoms with van der Waals surface area (Å²) in [5, 5.41) is 6.90. The van der Waals surface area contributed by atoms with Gasteiger partial charge in [-0.15, -0.1) is 0 Å². The third-order valence-electron chi connectivity index (χ3n) is 4.94. The maximum Gasteiger partial charge on any atom is 0.409 e. The van der Waals surface area contributed by atoms with E-state index >= 15 is 0 Å². The Hall–Kier alpha value is -1.50. The van der Waals surface area contributed by atoms with E-state index < -0.39 is 0 Å². The van der Waals surface area contributed by atoms with Gasteiger partial charge in [0.2, 0.25) is 0 Å². The molecule has 2 aliphatic heterocycles. The molecule has 25 heavy (non-hydrogen) atoms. The van der Waals surface area contributed by atoms with E-state index in [-0.39, 0.29) is 6.09 Å². The summed E-state index contributed by atoms with van der Waals surface area (Å²) >= 11 is 0. The van der Waals surface area contributed by atoms with E-state index in [1.54, 1.807) is 4.90 Å². The molecule has 0 aromatic rings. The second-order valence-corrected chi connectivity index (χ2v) is 7.09. The number of carbonyl (C=O) groups is 1. The summed E-state index contributed by atoms with van der Waals surface area (Å²) in [6.07, 6.45) is 4.20. The van der Waals surface area contributed by atoms with Gasteiger partial charge in [-0.3, -0.25) is 4.99 Å². The van der Waals surface area contributed by atoms with E-state index in [1.807, 2.05) is 6.92 Å². The molecule has 7 nitrogen and oxygen atoms in total. The first kappa shape index (κ1) is 19.8. The lowest BCUT2D eigenvalue weighted by atomic mass is 9.99. The minimum Gasteiger partial charge on any atom is -0.450 e. The third-order valence-corrected chi connectivity index (χ3v) is 4.94. The summed E-state index contributed by atoms with van der Waals surface area (Å²) in [6, 6.07) is 0.359. The zero-order valence-electron chi connectivity index (χ0n) is 16.1. The minimum absolute atomic E-state index is 0.192. The first-order valence-corrected chi connectivity index (χ1v) is 9.77. The molecule has 2 fully saturated rings. The molecule has 0 radical (unpaired) electrons. The summed E-state index contributed by atoms with van der Waals surface area (Å²) < 4.78 is 5.08. The van der Waals surface area contributed by atoms with Crippen LogP contribution in [0.5, 0.6) is 0 Å². The molecule has 0 aromatic carbocycles. The molecule has 0 aromatic heterocycles. The van der Waals surface area contributed by atoms with E-state index in [1.165, 1.54) is 19.4 Å². The van der Waals surface area contributed by atoms with Gasteiger partial charge >= 0.3 is 6.09 Å². The van der Waals surface area contributed by atoms with Crippen LogP contribution in [0, 0.1) is 5.92 Å². The highest BCUT2D eigenvalue weighted by molar-refractivity contribution is 5.80. The number of aliphatic imine (C=N–C) groups is 1. The molecule has 2 aliphatic rings. The summed E-state index contributed by atoms with van der Waals surface area (Å²) in [5.74, 6) is 1.56. The van der Waals surface area contributed by atoms with Crippen molar-refractivity contribution in [1.82, 2.24) is 20.4 Å². The summed E-state index contributed by atoms with van der Waals surface area (Å²) in [7, 11) is 2.19. The van der Waals surface area contributed by atoms with E-state index in [4.69, 9.17) is 9.73 Å². The van der Waals surface area contributed by atoms with Gasteiger partial charge in [-0.25, -0.2) is 4.79 Å². The van der Waals surface area contributed by atoms with Gasteiger partial charge in [-0.2, -0.15) is 0 Å². The molecular weight excluding hydrogens is 318 g/mol. The summed E-state index contributed by atoms with van der Waals surface area (Å²) in [4.78, 5) is 20.8. The number of carbonyl (C=O) groups excluding carboxylic acids is 1. The Morgan fingerprint density at radius 3 is 2.60 bits per heavy atom. The molecule has 1 unspecified atom stereocenters. The van der Waals surface area contributed by atoms with E-state index in [0.717, 1.165) is 51.5 Å². The molecular formula is C18H35N5O2. The predicted molar refractivity (Wildman–Crippen MR) is 101 cm³/mol. The molecule has 2 rings (SSSR count). The lowest BCUT2D eigenvalue weighted by Crippen LogP contribution is -2.50. The number of amides is 1. The van der Waals surface area contributed by atoms with Crippen molar-refractivity contribution in [3.63, 3.8) is 0 Å². The van der Waals surface area contributed by atoms with Crippen molar-refractivity contribution >= 4 is 12.1 Å². The number of hydrogen-bond donors (Lipinski definition) is 2. The fourth-order valence-corrected chi connectivity index (χ4v) is 3.58. The quantitative estimate of drug-likeness (QED) is 0.579. The van der Waals surface area contributed by atoms with Crippen LogP contribution in [0.3, 0.4) is 0 Å². The molecule has 0 bridgehead atoms. The Morgan fingerprint density at radius 2 is 1.96 bits per heavy atom. The molecule has 2 saturated heterocycles. The van der Waals surface area contributed by atoms with Crippen LogP contribution in [0.15, 0.2) is 4.99 Å². The Kier molecular flexibility index (Phi) is 8.31. The molecule has 2 N–H and O–H groups in total. The van der Waals surface area contributed by atoms with Crippen LogP contribution >= 0.6 is 0 Å². The van der Waals surface area contributed by atoms with Crippen LogP contribution in [0.2, 0.25) is 0 Å². The maximum absolute atomic E-state index is 11.8. The molecule has 0 spiro atoms. The van der Waals surface area contributed by atoms with Crippen molar-refractivity contribution in [2.75, 3.05) is 52.9 Å². The van der Waals surface area contributed by atoms with Gasteiger partial charge in [0.05, 0.1) is 6.61 Å². The highest BCUT2D eigenvalue weighted by atomic mass is 16.6. The van der Waals surface area contributed by atoms with Gasteiger partial charge < -0.3 is 25.2 Å². The summed E-state index contributed by atoms with van der Waals surface area (Å²) in [5.41, 5.74) is 0. The number of nitrogens with zero attached hydrogens (tertiary/aromatic N) is 3. The summed E-state index contributed by atoms with van der Waals surface area (Å²) in [6.45, 7) is 9.93. The molecule has 0 aliphatic carbocycles. The highest BCUT2D eigenvalue weighted by Crippen LogP contribution is 2.15. The predicted octanol–water partition coefficient (Wildman–Crippen LogP) is 1.50. The fraction of sp³-hybridized carbons (Fsp3) is 0.889. The number of piperidine rings is 2. The Labute approximate surface area is 152 Å². The van der Waals surface area contributed by atoms with Crippen LogP contribution < -0.4 is 10.6 Å². The van der Waals surface area contributed by atoms with Crippen LogP contribution in [-0.2, 0) is 4.74 Å². The second kappa shape index (κ2) is 10.5. The second-order valence-electron chi connectivity index (χ2n) is 7.09. The number of hydrogen-bond acceptors (Lipinski definition) is 4. The number of rotatable bonds is 5. The monoisotopic (exact) mass is 353 g/mol. The number of ether oxygens (including phenoxy) is 1. The third kappa shape index (κ3) is 6.72. The Balaban J connectivity index is 1.79. The number of likely N-dealkylation sites (tertiary alicyclic amines) is 2. The molecule has 144 valence electrons. The largest absolute Gasteiger partial charge is 0.450 e. The van der Waals surface area contributed by atoms with E-state index in [0.29, 0.717) is 18.6 Å². The smallest absolute Gasteiger partial charge is 0.409 e. The lowest BCUT2D eigenvalue weighted by Gasteiger charge is -2.32. The van der Waals surface area contributed by atoms with Gasteiger partial charge in [-0.1, -0.05) is 0 Å². The topological polar surface area (TPSA) is 69.2 Å². The van der Waals surface area contributed by atoms with Crippen molar-refractivity contribution in [3.05, 3.63) is 0 Å². The first-order chi connectivity index (χ1) is 12.1. The molecule has 0 saturated carbocycles. The van der Waals surface area contributed by atoms with Crippen LogP contribution in [0.25, 0.3) is 0 Å². The lowest BCUT2D eigenvalue weighted by molar-refractivity contribution is 0.0963. The number of nitrogens with one attached hydrogen (secondary N) is 2. The zero-order chi connectivity index (χ0) is 18.1. The molecule has 1 atom stereocenters. The average Bonchev–Trinajstić information content (AvgIpc) is 2.61. The number of guanidine groups is 1.